The van der Waals surface area contributed by atoms with E-state index < -0.39 is 11.7 Å². The fraction of sp³-hybridized carbons (Fsp3) is 0.265. The first-order chi connectivity index (χ1) is 21.7. The molecular weight excluding hydrogens is 579 g/mol. The number of rotatable bonds is 9. The van der Waals surface area contributed by atoms with Gasteiger partial charge in [0.25, 0.3) is 5.92 Å². The number of fused-ring (bicyclic) bond motifs is 2. The minimum Gasteiger partial charge on any atom is -0.492 e. The number of pyridine rings is 2. The molecule has 2 N–H and O–H groups in total. The number of ether oxygens (including phenoxy) is 1. The number of halogens is 3. The van der Waals surface area contributed by atoms with Crippen LogP contribution in [0.2, 0.25) is 0 Å². The highest BCUT2D eigenvalue weighted by Crippen LogP contribution is 2.36. The second-order valence-electron chi connectivity index (χ2n) is 11.9. The molecule has 0 bridgehead atoms. The third kappa shape index (κ3) is 6.13. The fourth-order valence-electron chi connectivity index (χ4n) is 5.87. The smallest absolute Gasteiger partial charge is 0.261 e. The number of benzene rings is 2. The first kappa shape index (κ1) is 29.0. The number of nitrogens with one attached hydrogen (secondary N) is 2. The van der Waals surface area contributed by atoms with Crippen LogP contribution in [0.4, 0.5) is 13.2 Å². The molecule has 0 aliphatic carbocycles. The number of alkyl halides is 2. The molecule has 11 heteroatoms. The third-order valence-corrected chi connectivity index (χ3v) is 8.10. The number of H-pyrrole nitrogens is 2. The Morgan fingerprint density at radius 1 is 0.933 bits per heavy atom. The molecule has 0 radical (unpaired) electrons. The lowest BCUT2D eigenvalue weighted by Crippen LogP contribution is -2.24. The van der Waals surface area contributed by atoms with Gasteiger partial charge in [-0.1, -0.05) is 6.07 Å². The van der Waals surface area contributed by atoms with E-state index in [0.29, 0.717) is 43.2 Å². The van der Waals surface area contributed by atoms with Crippen molar-refractivity contribution in [2.75, 3.05) is 40.3 Å². The van der Waals surface area contributed by atoms with Gasteiger partial charge in [0.2, 0.25) is 0 Å². The summed E-state index contributed by atoms with van der Waals surface area (Å²) in [5.41, 5.74) is 7.17. The van der Waals surface area contributed by atoms with Gasteiger partial charge in [-0.25, -0.2) is 13.2 Å². The summed E-state index contributed by atoms with van der Waals surface area (Å²) >= 11 is 0. The number of nitrogens with zero attached hydrogens (tertiary/aromatic N) is 5. The molecule has 1 aliphatic rings. The van der Waals surface area contributed by atoms with Gasteiger partial charge in [0.15, 0.2) is 0 Å². The van der Waals surface area contributed by atoms with E-state index in [1.54, 1.807) is 29.6 Å². The maximum atomic E-state index is 14.7. The molecule has 1 aliphatic heterocycles. The number of aromatic amines is 2. The van der Waals surface area contributed by atoms with E-state index in [-0.39, 0.29) is 13.0 Å². The van der Waals surface area contributed by atoms with Gasteiger partial charge in [0.1, 0.15) is 23.9 Å². The van der Waals surface area contributed by atoms with Gasteiger partial charge in [0, 0.05) is 78.1 Å². The monoisotopic (exact) mass is 611 g/mol. The van der Waals surface area contributed by atoms with Gasteiger partial charge in [-0.05, 0) is 67.7 Å². The highest BCUT2D eigenvalue weighted by Gasteiger charge is 2.37. The summed E-state index contributed by atoms with van der Waals surface area (Å²) < 4.78 is 47.9. The zero-order valence-corrected chi connectivity index (χ0v) is 24.9. The second-order valence-corrected chi connectivity index (χ2v) is 11.9. The van der Waals surface area contributed by atoms with Crippen molar-refractivity contribution < 1.29 is 17.9 Å². The summed E-state index contributed by atoms with van der Waals surface area (Å²) in [6.45, 7) is 1.72. The molecule has 0 unspecified atom stereocenters. The Hall–Kier alpha value is -4.74. The van der Waals surface area contributed by atoms with Crippen molar-refractivity contribution in [1.29, 1.82) is 0 Å². The maximum Gasteiger partial charge on any atom is 0.261 e. The average molecular weight is 612 g/mol. The Morgan fingerprint density at radius 2 is 1.80 bits per heavy atom. The Kier molecular flexibility index (Phi) is 7.50. The molecule has 0 spiro atoms. The van der Waals surface area contributed by atoms with E-state index in [9.17, 15) is 13.2 Å². The molecule has 8 nitrogen and oxygen atoms in total. The quantitative estimate of drug-likeness (QED) is 0.188. The molecule has 230 valence electrons. The van der Waals surface area contributed by atoms with Crippen molar-refractivity contribution in [3.05, 3.63) is 84.6 Å². The number of likely N-dealkylation sites (N-methyl/N-ethyl adjacent to an activating group) is 1. The lowest BCUT2D eigenvalue weighted by Gasteiger charge is -2.15. The molecule has 7 rings (SSSR count). The van der Waals surface area contributed by atoms with E-state index >= 15 is 0 Å². The number of hydrogen-bond acceptors (Lipinski definition) is 6. The first-order valence-corrected chi connectivity index (χ1v) is 14.8. The molecule has 0 saturated carbocycles. The lowest BCUT2D eigenvalue weighted by molar-refractivity contribution is 0.0115. The van der Waals surface area contributed by atoms with Crippen LogP contribution in [-0.2, 0) is 6.54 Å². The normalized spacial score (nSPS) is 15.1. The summed E-state index contributed by atoms with van der Waals surface area (Å²) in [7, 11) is 3.91. The highest BCUT2D eigenvalue weighted by molar-refractivity contribution is 6.00. The lowest BCUT2D eigenvalue weighted by atomic mass is 10.0. The molecule has 45 heavy (non-hydrogen) atoms. The molecule has 4 aromatic heterocycles. The van der Waals surface area contributed by atoms with E-state index in [2.05, 4.69) is 25.1 Å². The summed E-state index contributed by atoms with van der Waals surface area (Å²) in [5, 5.41) is 9.47. The van der Waals surface area contributed by atoms with Crippen LogP contribution in [0.15, 0.2) is 73.2 Å². The topological polar surface area (TPSA) is 86.0 Å². The van der Waals surface area contributed by atoms with Crippen LogP contribution in [0.5, 0.6) is 5.75 Å². The Balaban J connectivity index is 1.20. The summed E-state index contributed by atoms with van der Waals surface area (Å²) in [5.74, 6) is -2.58. The summed E-state index contributed by atoms with van der Waals surface area (Å²) in [4.78, 5) is 16.2. The third-order valence-electron chi connectivity index (χ3n) is 8.10. The van der Waals surface area contributed by atoms with Crippen molar-refractivity contribution in [2.45, 2.75) is 18.9 Å². The second kappa shape index (κ2) is 11.6. The minimum atomic E-state index is -2.63. The first-order valence-electron chi connectivity index (χ1n) is 14.8. The molecule has 0 amide bonds. The molecule has 5 heterocycles. The molecule has 1 fully saturated rings. The van der Waals surface area contributed by atoms with E-state index in [0.717, 1.165) is 49.9 Å². The van der Waals surface area contributed by atoms with E-state index in [1.807, 2.05) is 55.4 Å². The van der Waals surface area contributed by atoms with Crippen molar-refractivity contribution in [3.8, 4) is 39.5 Å². The molecule has 6 aromatic rings. The van der Waals surface area contributed by atoms with Crippen molar-refractivity contribution in [2.24, 2.45) is 0 Å². The van der Waals surface area contributed by atoms with Crippen LogP contribution >= 0.6 is 0 Å². The molecule has 0 atom stereocenters. The average Bonchev–Trinajstić information content (AvgIpc) is 3.72. The Bertz CT molecular complexity index is 2000. The summed E-state index contributed by atoms with van der Waals surface area (Å²) in [6.07, 6.45) is 5.09. The van der Waals surface area contributed by atoms with Crippen LogP contribution in [0, 0.1) is 5.82 Å². The summed E-state index contributed by atoms with van der Waals surface area (Å²) in [6, 6.07) is 16.5. The maximum absolute atomic E-state index is 14.7. The predicted octanol–water partition coefficient (Wildman–Crippen LogP) is 6.76. The Morgan fingerprint density at radius 3 is 2.62 bits per heavy atom. The van der Waals surface area contributed by atoms with Gasteiger partial charge >= 0.3 is 0 Å². The van der Waals surface area contributed by atoms with E-state index in [4.69, 9.17) is 4.74 Å². The fourth-order valence-corrected chi connectivity index (χ4v) is 5.87. The van der Waals surface area contributed by atoms with Gasteiger partial charge in [0.05, 0.1) is 23.4 Å². The Labute approximate surface area is 257 Å². The van der Waals surface area contributed by atoms with Crippen LogP contribution in [0.1, 0.15) is 12.0 Å². The van der Waals surface area contributed by atoms with E-state index in [1.165, 1.54) is 12.1 Å². The molecule has 1 saturated heterocycles. The minimum absolute atomic E-state index is 0.111. The van der Waals surface area contributed by atoms with Crippen LogP contribution in [-0.4, -0.2) is 81.2 Å². The predicted molar refractivity (Wildman–Crippen MR) is 169 cm³/mol. The van der Waals surface area contributed by atoms with Gasteiger partial charge in [-0.15, -0.1) is 0 Å². The van der Waals surface area contributed by atoms with Crippen LogP contribution < -0.4 is 4.74 Å². The van der Waals surface area contributed by atoms with Gasteiger partial charge in [-0.3, -0.25) is 20.0 Å². The van der Waals surface area contributed by atoms with Gasteiger partial charge in [-0.2, -0.15) is 5.10 Å². The number of aromatic nitrogens is 5. The van der Waals surface area contributed by atoms with Crippen molar-refractivity contribution in [1.82, 2.24) is 34.9 Å². The zero-order valence-electron chi connectivity index (χ0n) is 24.9. The van der Waals surface area contributed by atoms with Gasteiger partial charge < -0.3 is 14.6 Å². The largest absolute Gasteiger partial charge is 0.492 e. The van der Waals surface area contributed by atoms with Crippen molar-refractivity contribution in [3.63, 3.8) is 0 Å². The SMILES string of the molecule is CN(C)CCOc1cc(F)cc(-c2nccc3[nH]c(-c4n[nH]c5ccc(-c6cncc(CN7CCC(F)(F)C7)c6)cc45)cc23)c1. The standard InChI is InChI=1S/C34H32F3N7O/c1-43(2)9-10-45-26-13-23(12-25(35)15-26)32-28-16-31(40-29(28)5-7-39-32)33-27-14-22(3-4-30(27)41-42-33)24-11-21(17-38-18-24)19-44-8-6-34(36,37)20-44/h3-5,7,11-18,40H,6,8-10,19-20H2,1-2H3,(H,41,42). The zero-order chi connectivity index (χ0) is 31.1. The molecule has 2 aromatic carbocycles. The number of hydrogen-bond donors (Lipinski definition) is 2. The number of likely N-dealkylation sites (tertiary alicyclic amines) is 1. The van der Waals surface area contributed by atoms with Crippen molar-refractivity contribution >= 4 is 21.8 Å². The molecular formula is C34H32F3N7O. The highest BCUT2D eigenvalue weighted by atomic mass is 19.3. The van der Waals surface area contributed by atoms with Crippen LogP contribution in [0.25, 0.3) is 55.6 Å². The van der Waals surface area contributed by atoms with Crippen LogP contribution in [0.3, 0.4) is 0 Å².